The number of aromatic nitrogens is 5. The summed E-state index contributed by atoms with van der Waals surface area (Å²) < 4.78 is 19.9. The van der Waals surface area contributed by atoms with E-state index in [1.165, 1.54) is 12.3 Å². The van der Waals surface area contributed by atoms with Gasteiger partial charge in [-0.25, -0.2) is 9.97 Å². The molecule has 7 heteroatoms. The SMILES string of the molecule is Fc1ccc(-c2nc(-c3ccc4nccn4c3)no2)cn1. The molecule has 21 heavy (non-hydrogen) atoms. The highest BCUT2D eigenvalue weighted by Gasteiger charge is 2.11. The smallest absolute Gasteiger partial charge is 0.259 e. The number of fused-ring (bicyclic) bond motifs is 1. The lowest BCUT2D eigenvalue weighted by Gasteiger charge is -1.96. The van der Waals surface area contributed by atoms with Crippen LogP contribution in [-0.2, 0) is 0 Å². The van der Waals surface area contributed by atoms with Gasteiger partial charge in [-0.05, 0) is 24.3 Å². The van der Waals surface area contributed by atoms with Crippen molar-refractivity contribution in [2.75, 3.05) is 0 Å². The predicted molar refractivity (Wildman–Crippen MR) is 71.7 cm³/mol. The van der Waals surface area contributed by atoms with E-state index >= 15 is 0 Å². The van der Waals surface area contributed by atoms with E-state index in [9.17, 15) is 4.39 Å². The monoisotopic (exact) mass is 281 g/mol. The van der Waals surface area contributed by atoms with E-state index in [1.54, 1.807) is 12.3 Å². The highest BCUT2D eigenvalue weighted by atomic mass is 19.1. The standard InChI is InChI=1S/C14H8FN5O/c15-11-3-1-9(7-17-11)14-18-13(19-21-14)10-2-4-12-16-5-6-20(12)8-10/h1-8H. The fourth-order valence-electron chi connectivity index (χ4n) is 2.01. The molecule has 0 amide bonds. The third-order valence-corrected chi connectivity index (χ3v) is 3.05. The minimum atomic E-state index is -0.552. The number of hydrogen-bond donors (Lipinski definition) is 0. The molecule has 4 aromatic rings. The molecule has 0 aliphatic heterocycles. The van der Waals surface area contributed by atoms with Crippen molar-refractivity contribution in [1.82, 2.24) is 24.5 Å². The fourth-order valence-corrected chi connectivity index (χ4v) is 2.01. The zero-order valence-corrected chi connectivity index (χ0v) is 10.6. The second-order valence-electron chi connectivity index (χ2n) is 4.40. The van der Waals surface area contributed by atoms with Crippen LogP contribution in [0.25, 0.3) is 28.5 Å². The third kappa shape index (κ3) is 2.04. The van der Waals surface area contributed by atoms with Crippen LogP contribution < -0.4 is 0 Å². The highest BCUT2D eigenvalue weighted by molar-refractivity contribution is 5.60. The molecule has 0 aromatic carbocycles. The van der Waals surface area contributed by atoms with E-state index in [0.717, 1.165) is 11.2 Å². The molecule has 0 aliphatic carbocycles. The van der Waals surface area contributed by atoms with Crippen molar-refractivity contribution in [3.8, 4) is 22.8 Å². The molecule has 0 saturated carbocycles. The Bertz CT molecular complexity index is 912. The maximum atomic E-state index is 12.8. The summed E-state index contributed by atoms with van der Waals surface area (Å²) >= 11 is 0. The van der Waals surface area contributed by atoms with Gasteiger partial charge in [0.05, 0.1) is 5.56 Å². The third-order valence-electron chi connectivity index (χ3n) is 3.05. The lowest BCUT2D eigenvalue weighted by atomic mass is 10.2. The largest absolute Gasteiger partial charge is 0.334 e. The van der Waals surface area contributed by atoms with Crippen molar-refractivity contribution in [2.24, 2.45) is 0 Å². The second kappa shape index (κ2) is 4.48. The lowest BCUT2D eigenvalue weighted by Crippen LogP contribution is -1.87. The fraction of sp³-hybridized carbons (Fsp3) is 0. The van der Waals surface area contributed by atoms with Gasteiger partial charge in [-0.1, -0.05) is 5.16 Å². The quantitative estimate of drug-likeness (QED) is 0.528. The molecule has 4 aromatic heterocycles. The first-order valence-corrected chi connectivity index (χ1v) is 6.18. The van der Waals surface area contributed by atoms with Crippen molar-refractivity contribution in [1.29, 1.82) is 0 Å². The molecule has 0 unspecified atom stereocenters. The Balaban J connectivity index is 1.74. The number of imidazole rings is 1. The van der Waals surface area contributed by atoms with Crippen molar-refractivity contribution < 1.29 is 8.91 Å². The molecule has 0 bridgehead atoms. The van der Waals surface area contributed by atoms with Crippen LogP contribution in [-0.4, -0.2) is 24.5 Å². The minimum absolute atomic E-state index is 0.295. The summed E-state index contributed by atoms with van der Waals surface area (Å²) in [6.07, 6.45) is 6.76. The molecule has 102 valence electrons. The van der Waals surface area contributed by atoms with Crippen molar-refractivity contribution in [2.45, 2.75) is 0 Å². The van der Waals surface area contributed by atoms with Crippen LogP contribution in [0.2, 0.25) is 0 Å². The number of rotatable bonds is 2. The molecule has 0 fully saturated rings. The van der Waals surface area contributed by atoms with E-state index in [2.05, 4.69) is 20.1 Å². The summed E-state index contributed by atoms with van der Waals surface area (Å²) in [7, 11) is 0. The Hall–Kier alpha value is -3.09. The first kappa shape index (κ1) is 11.7. The summed E-state index contributed by atoms with van der Waals surface area (Å²) in [5.41, 5.74) is 2.20. The molecule has 0 atom stereocenters. The van der Waals surface area contributed by atoms with Gasteiger partial charge in [0.2, 0.25) is 11.8 Å². The van der Waals surface area contributed by atoms with Gasteiger partial charge in [-0.15, -0.1) is 0 Å². The van der Waals surface area contributed by atoms with Gasteiger partial charge in [-0.3, -0.25) is 0 Å². The lowest BCUT2D eigenvalue weighted by molar-refractivity contribution is 0.432. The van der Waals surface area contributed by atoms with Crippen LogP contribution in [0.1, 0.15) is 0 Å². The summed E-state index contributed by atoms with van der Waals surface area (Å²) in [6.45, 7) is 0. The molecule has 0 aliphatic rings. The average Bonchev–Trinajstić information content (AvgIpc) is 3.16. The summed E-state index contributed by atoms with van der Waals surface area (Å²) in [5.74, 6) is 0.192. The Morgan fingerprint density at radius 3 is 2.81 bits per heavy atom. The number of nitrogens with zero attached hydrogens (tertiary/aromatic N) is 5. The Labute approximate surface area is 117 Å². The van der Waals surface area contributed by atoms with Crippen LogP contribution in [0, 0.1) is 5.95 Å². The average molecular weight is 281 g/mol. The van der Waals surface area contributed by atoms with Crippen molar-refractivity contribution >= 4 is 5.65 Å². The van der Waals surface area contributed by atoms with Crippen LogP contribution in [0.5, 0.6) is 0 Å². The van der Waals surface area contributed by atoms with Crippen LogP contribution >= 0.6 is 0 Å². The molecule has 0 N–H and O–H groups in total. The van der Waals surface area contributed by atoms with E-state index in [0.29, 0.717) is 17.3 Å². The summed E-state index contributed by atoms with van der Waals surface area (Å²) in [4.78, 5) is 12.0. The number of pyridine rings is 2. The predicted octanol–water partition coefficient (Wildman–Crippen LogP) is 2.59. The van der Waals surface area contributed by atoms with E-state index in [-0.39, 0.29) is 0 Å². The molecule has 0 radical (unpaired) electrons. The zero-order valence-electron chi connectivity index (χ0n) is 10.6. The minimum Gasteiger partial charge on any atom is -0.334 e. The van der Waals surface area contributed by atoms with Gasteiger partial charge >= 0.3 is 0 Å². The van der Waals surface area contributed by atoms with E-state index in [4.69, 9.17) is 4.52 Å². The Morgan fingerprint density at radius 1 is 1.05 bits per heavy atom. The normalized spacial score (nSPS) is 11.1. The molecule has 4 rings (SSSR count). The molecule has 0 spiro atoms. The Morgan fingerprint density at radius 2 is 1.95 bits per heavy atom. The molecule has 6 nitrogen and oxygen atoms in total. The molecular weight excluding hydrogens is 273 g/mol. The number of hydrogen-bond acceptors (Lipinski definition) is 5. The van der Waals surface area contributed by atoms with Gasteiger partial charge in [0.15, 0.2) is 0 Å². The van der Waals surface area contributed by atoms with Gasteiger partial charge in [0, 0.05) is 30.4 Å². The first-order valence-electron chi connectivity index (χ1n) is 6.18. The van der Waals surface area contributed by atoms with Crippen molar-refractivity contribution in [3.05, 3.63) is 55.0 Å². The van der Waals surface area contributed by atoms with Crippen LogP contribution in [0.4, 0.5) is 4.39 Å². The van der Waals surface area contributed by atoms with Gasteiger partial charge < -0.3 is 8.92 Å². The van der Waals surface area contributed by atoms with Gasteiger partial charge in [0.1, 0.15) is 5.65 Å². The second-order valence-corrected chi connectivity index (χ2v) is 4.40. The molecule has 4 heterocycles. The van der Waals surface area contributed by atoms with Gasteiger partial charge in [0.25, 0.3) is 5.89 Å². The van der Waals surface area contributed by atoms with E-state index < -0.39 is 5.95 Å². The molecule has 0 saturated heterocycles. The van der Waals surface area contributed by atoms with Crippen LogP contribution in [0.15, 0.2) is 53.6 Å². The summed E-state index contributed by atoms with van der Waals surface area (Å²) in [6, 6.07) is 6.51. The number of halogens is 1. The Kier molecular flexibility index (Phi) is 2.50. The first-order chi connectivity index (χ1) is 10.3. The highest BCUT2D eigenvalue weighted by Crippen LogP contribution is 2.22. The molecular formula is C14H8FN5O. The maximum absolute atomic E-state index is 12.8. The maximum Gasteiger partial charge on any atom is 0.259 e. The van der Waals surface area contributed by atoms with Crippen LogP contribution in [0.3, 0.4) is 0 Å². The van der Waals surface area contributed by atoms with Crippen molar-refractivity contribution in [3.63, 3.8) is 0 Å². The topological polar surface area (TPSA) is 69.1 Å². The van der Waals surface area contributed by atoms with E-state index in [1.807, 2.05) is 28.9 Å². The van der Waals surface area contributed by atoms with Gasteiger partial charge in [-0.2, -0.15) is 9.37 Å². The zero-order chi connectivity index (χ0) is 14.2. The summed E-state index contributed by atoms with van der Waals surface area (Å²) in [5, 5.41) is 3.94.